The van der Waals surface area contributed by atoms with E-state index < -0.39 is 48.2 Å². The number of fused-ring (bicyclic) bond motifs is 1. The van der Waals surface area contributed by atoms with Gasteiger partial charge in [0, 0.05) is 6.42 Å². The van der Waals surface area contributed by atoms with Crippen LogP contribution >= 0.6 is 0 Å². The highest BCUT2D eigenvalue weighted by Gasteiger charge is 2.48. The molecule has 5 N–H and O–H groups in total. The standard InChI is InChI=1S/C21H28O10/c1-9-10(2)17-11(4-6-21(3,31-17)7-5-13(22)23)8-12(9)29-20-16(26)14(24)15(25)18(30-20)19(27)28/h8,14-16,18,20,24-26H,4-7H2,1-3H3,(H,22,23)(H,27,28). The summed E-state index contributed by atoms with van der Waals surface area (Å²) in [5, 5.41) is 48.2. The van der Waals surface area contributed by atoms with Crippen LogP contribution in [0.1, 0.15) is 42.9 Å². The van der Waals surface area contributed by atoms with E-state index in [0.29, 0.717) is 36.3 Å². The van der Waals surface area contributed by atoms with E-state index in [1.807, 2.05) is 13.8 Å². The van der Waals surface area contributed by atoms with Crippen molar-refractivity contribution in [3.8, 4) is 11.5 Å². The zero-order valence-electron chi connectivity index (χ0n) is 17.6. The van der Waals surface area contributed by atoms with Crippen molar-refractivity contribution >= 4 is 11.9 Å². The van der Waals surface area contributed by atoms with Crippen molar-refractivity contribution in [1.29, 1.82) is 0 Å². The van der Waals surface area contributed by atoms with Gasteiger partial charge in [-0.05, 0) is 62.8 Å². The molecule has 0 amide bonds. The van der Waals surface area contributed by atoms with E-state index in [1.54, 1.807) is 13.0 Å². The van der Waals surface area contributed by atoms with Gasteiger partial charge in [0.2, 0.25) is 6.29 Å². The molecule has 2 aliphatic rings. The minimum Gasteiger partial charge on any atom is -0.487 e. The highest BCUT2D eigenvalue weighted by molar-refractivity contribution is 5.73. The molecular weight excluding hydrogens is 412 g/mol. The Balaban J connectivity index is 1.84. The van der Waals surface area contributed by atoms with Crippen LogP contribution in [0.3, 0.4) is 0 Å². The van der Waals surface area contributed by atoms with Crippen molar-refractivity contribution in [1.82, 2.24) is 0 Å². The SMILES string of the molecule is Cc1c(OC2OC(C(=O)O)C(O)C(O)C2O)cc2c(c1C)OC(C)(CCC(=O)O)CC2. The van der Waals surface area contributed by atoms with Crippen LogP contribution in [0.4, 0.5) is 0 Å². The van der Waals surface area contributed by atoms with Crippen LogP contribution in [0.2, 0.25) is 0 Å². The Morgan fingerprint density at radius 1 is 1.13 bits per heavy atom. The number of aryl methyl sites for hydroxylation is 1. The number of ether oxygens (including phenoxy) is 3. The fourth-order valence-electron chi connectivity index (χ4n) is 3.90. The van der Waals surface area contributed by atoms with Crippen LogP contribution in [-0.2, 0) is 20.7 Å². The molecule has 172 valence electrons. The lowest BCUT2D eigenvalue weighted by Crippen LogP contribution is -2.61. The van der Waals surface area contributed by atoms with E-state index in [0.717, 1.165) is 11.1 Å². The molecule has 10 nitrogen and oxygen atoms in total. The molecule has 6 unspecified atom stereocenters. The second kappa shape index (κ2) is 8.62. The number of carboxylic acid groups (broad SMARTS) is 2. The molecule has 0 aromatic heterocycles. The van der Waals surface area contributed by atoms with E-state index in [1.165, 1.54) is 0 Å². The number of aliphatic carboxylic acids is 2. The highest BCUT2D eigenvalue weighted by atomic mass is 16.7. The van der Waals surface area contributed by atoms with Crippen molar-refractivity contribution in [2.75, 3.05) is 0 Å². The van der Waals surface area contributed by atoms with Crippen molar-refractivity contribution in [3.63, 3.8) is 0 Å². The lowest BCUT2D eigenvalue weighted by Gasteiger charge is -2.39. The van der Waals surface area contributed by atoms with Crippen LogP contribution in [0.25, 0.3) is 0 Å². The predicted molar refractivity (Wildman–Crippen MR) is 105 cm³/mol. The van der Waals surface area contributed by atoms with Crippen LogP contribution < -0.4 is 9.47 Å². The van der Waals surface area contributed by atoms with E-state index >= 15 is 0 Å². The average molecular weight is 440 g/mol. The maximum Gasteiger partial charge on any atom is 0.335 e. The summed E-state index contributed by atoms with van der Waals surface area (Å²) < 4.78 is 17.1. The molecule has 0 radical (unpaired) electrons. The number of aliphatic hydroxyl groups is 3. The van der Waals surface area contributed by atoms with Crippen molar-refractivity contribution < 1.29 is 49.3 Å². The lowest BCUT2D eigenvalue weighted by molar-refractivity contribution is -0.271. The number of aliphatic hydroxyl groups excluding tert-OH is 3. The molecule has 1 fully saturated rings. The van der Waals surface area contributed by atoms with E-state index in [2.05, 4.69) is 0 Å². The molecule has 31 heavy (non-hydrogen) atoms. The molecule has 0 aliphatic carbocycles. The van der Waals surface area contributed by atoms with Crippen LogP contribution in [0.15, 0.2) is 6.07 Å². The Hall–Kier alpha value is -2.40. The third-order valence-electron chi connectivity index (χ3n) is 6.07. The zero-order valence-corrected chi connectivity index (χ0v) is 17.6. The number of hydrogen-bond acceptors (Lipinski definition) is 8. The fourth-order valence-corrected chi connectivity index (χ4v) is 3.90. The Morgan fingerprint density at radius 3 is 2.42 bits per heavy atom. The highest BCUT2D eigenvalue weighted by Crippen LogP contribution is 2.42. The predicted octanol–water partition coefficient (Wildman–Crippen LogP) is 0.523. The second-order valence-corrected chi connectivity index (χ2v) is 8.41. The van der Waals surface area contributed by atoms with Gasteiger partial charge in [-0.15, -0.1) is 0 Å². The molecule has 2 aliphatic heterocycles. The average Bonchev–Trinajstić information content (AvgIpc) is 2.71. The molecule has 1 aromatic rings. The van der Waals surface area contributed by atoms with Gasteiger partial charge in [0.1, 0.15) is 35.4 Å². The Kier molecular flexibility index (Phi) is 6.47. The first-order chi connectivity index (χ1) is 14.4. The van der Waals surface area contributed by atoms with Crippen molar-refractivity contribution in [3.05, 3.63) is 22.8 Å². The molecule has 2 heterocycles. The molecule has 0 saturated carbocycles. The number of hydrogen-bond donors (Lipinski definition) is 5. The minimum atomic E-state index is -1.80. The van der Waals surface area contributed by atoms with Crippen LogP contribution in [-0.4, -0.2) is 73.8 Å². The van der Waals surface area contributed by atoms with Gasteiger partial charge in [-0.3, -0.25) is 4.79 Å². The second-order valence-electron chi connectivity index (χ2n) is 8.41. The van der Waals surface area contributed by atoms with Crippen LogP contribution in [0, 0.1) is 13.8 Å². The molecule has 1 saturated heterocycles. The molecule has 1 aromatic carbocycles. The van der Waals surface area contributed by atoms with Gasteiger partial charge in [0.25, 0.3) is 0 Å². The normalized spacial score (nSPS) is 32.6. The largest absolute Gasteiger partial charge is 0.487 e. The van der Waals surface area contributed by atoms with E-state index in [4.69, 9.17) is 19.3 Å². The van der Waals surface area contributed by atoms with Crippen molar-refractivity contribution in [2.24, 2.45) is 0 Å². The number of rotatable bonds is 6. The van der Waals surface area contributed by atoms with Gasteiger partial charge in [-0.2, -0.15) is 0 Å². The van der Waals surface area contributed by atoms with Gasteiger partial charge in [-0.1, -0.05) is 0 Å². The first-order valence-electron chi connectivity index (χ1n) is 10.1. The number of benzene rings is 1. The molecule has 0 bridgehead atoms. The quantitative estimate of drug-likeness (QED) is 0.421. The summed E-state index contributed by atoms with van der Waals surface area (Å²) in [6, 6.07) is 1.71. The topological polar surface area (TPSA) is 163 Å². The molecule has 10 heteroatoms. The Bertz CT molecular complexity index is 868. The van der Waals surface area contributed by atoms with Gasteiger partial charge < -0.3 is 39.7 Å². The monoisotopic (exact) mass is 440 g/mol. The first-order valence-corrected chi connectivity index (χ1v) is 10.1. The van der Waals surface area contributed by atoms with Gasteiger partial charge >= 0.3 is 11.9 Å². The molecule has 0 spiro atoms. The summed E-state index contributed by atoms with van der Waals surface area (Å²) in [4.78, 5) is 22.2. The van der Waals surface area contributed by atoms with Crippen LogP contribution in [0.5, 0.6) is 11.5 Å². The summed E-state index contributed by atoms with van der Waals surface area (Å²) in [5.74, 6) is -1.40. The molecule has 6 atom stereocenters. The minimum absolute atomic E-state index is 0.000880. The Morgan fingerprint density at radius 2 is 1.81 bits per heavy atom. The number of carboxylic acids is 2. The maximum atomic E-state index is 11.3. The smallest absolute Gasteiger partial charge is 0.335 e. The Labute approximate surface area is 179 Å². The third-order valence-corrected chi connectivity index (χ3v) is 6.07. The van der Waals surface area contributed by atoms with E-state index in [-0.39, 0.29) is 6.42 Å². The summed E-state index contributed by atoms with van der Waals surface area (Å²) in [7, 11) is 0. The summed E-state index contributed by atoms with van der Waals surface area (Å²) in [6.07, 6.45) is -6.87. The molecule has 3 rings (SSSR count). The van der Waals surface area contributed by atoms with Gasteiger partial charge in [0.15, 0.2) is 6.10 Å². The summed E-state index contributed by atoms with van der Waals surface area (Å²) in [5.41, 5.74) is 1.63. The van der Waals surface area contributed by atoms with Crippen molar-refractivity contribution in [2.45, 2.75) is 82.8 Å². The maximum absolute atomic E-state index is 11.3. The number of carbonyl (C=O) groups is 2. The summed E-state index contributed by atoms with van der Waals surface area (Å²) in [6.45, 7) is 5.45. The zero-order chi connectivity index (χ0) is 23.1. The van der Waals surface area contributed by atoms with Gasteiger partial charge in [0.05, 0.1) is 0 Å². The van der Waals surface area contributed by atoms with E-state index in [9.17, 15) is 30.0 Å². The molecular formula is C21H28O10. The fraction of sp³-hybridized carbons (Fsp3) is 0.619. The lowest BCUT2D eigenvalue weighted by atomic mass is 9.87. The summed E-state index contributed by atoms with van der Waals surface area (Å²) >= 11 is 0. The third kappa shape index (κ3) is 4.62. The van der Waals surface area contributed by atoms with Gasteiger partial charge in [-0.25, -0.2) is 4.79 Å². The first kappa shape index (κ1) is 23.3.